The molecule has 0 aliphatic heterocycles. The highest BCUT2D eigenvalue weighted by molar-refractivity contribution is 6.24. The van der Waals surface area contributed by atoms with Crippen LogP contribution in [0.2, 0.25) is 0 Å². The van der Waals surface area contributed by atoms with Crippen LogP contribution in [0.1, 0.15) is 41.1 Å². The molecular weight excluding hydrogens is 452 g/mol. The number of aromatic hydroxyl groups is 1. The van der Waals surface area contributed by atoms with Gasteiger partial charge in [0.05, 0.1) is 11.6 Å². The number of amides is 1. The number of ketones is 2. The molecule has 35 heavy (non-hydrogen) atoms. The maximum Gasteiger partial charge on any atom is 0.255 e. The Labute approximate surface area is 200 Å². The number of rotatable bonds is 3. The van der Waals surface area contributed by atoms with E-state index in [1.165, 1.54) is 13.1 Å². The Kier molecular flexibility index (Phi) is 5.23. The van der Waals surface area contributed by atoms with Crippen LogP contribution in [-0.4, -0.2) is 56.6 Å². The molecule has 4 aliphatic rings. The molecular formula is C26H26N2O7. The first kappa shape index (κ1) is 23.1. The Bertz CT molecular complexity index is 1300. The average Bonchev–Trinajstić information content (AvgIpc) is 2.82. The summed E-state index contributed by atoms with van der Waals surface area (Å²) in [6, 6.07) is 3.68. The van der Waals surface area contributed by atoms with Crippen LogP contribution in [0.4, 0.5) is 0 Å². The second kappa shape index (κ2) is 7.93. The number of Topliss-reactive ketones (excluding diaryl/α,β-unsaturated/α-hetero) is 2. The van der Waals surface area contributed by atoms with Crippen molar-refractivity contribution < 1.29 is 34.8 Å². The van der Waals surface area contributed by atoms with E-state index in [0.717, 1.165) is 18.4 Å². The number of allylic oxidation sites excluding steroid dienone is 5. The molecule has 1 aromatic carbocycles. The summed E-state index contributed by atoms with van der Waals surface area (Å²) in [5.74, 6) is -7.18. The number of hydrogen-bond acceptors (Lipinski definition) is 8. The molecule has 0 saturated carbocycles. The lowest BCUT2D eigenvalue weighted by Crippen LogP contribution is -2.64. The molecule has 9 nitrogen and oxygen atoms in total. The zero-order valence-corrected chi connectivity index (χ0v) is 19.0. The van der Waals surface area contributed by atoms with Crippen LogP contribution < -0.4 is 11.1 Å². The van der Waals surface area contributed by atoms with Crippen LogP contribution in [0.5, 0.6) is 5.75 Å². The summed E-state index contributed by atoms with van der Waals surface area (Å²) in [5, 5.41) is 47.2. The SMILES string of the molecule is CN[C@@H]1C(O)=C(C(N)=O)C(=O)[C@@]2(O)C(O)=C3C(=O)c4c(O)cccc4[C@H](C4=CCCC=C4)C3CC12. The predicted octanol–water partition coefficient (Wildman–Crippen LogP) is 1.60. The standard InChI is InChI=1S/C26H26N2O7/c1-28-20-14-10-13-16(11-6-3-2-4-7-11)12-8-5-9-15(29)17(12)21(30)18(13)23(32)26(14,35)24(33)19(22(20)31)25(27)34/h3,5-9,13-14,16,20,28-29,31-32,35H,2,4,10H2,1H3,(H2,27,34)/t13?,14?,16-,20-,26-/m0/s1. The third-order valence-corrected chi connectivity index (χ3v) is 7.78. The Morgan fingerprint density at radius 2 is 1.91 bits per heavy atom. The van der Waals surface area contributed by atoms with Crippen molar-refractivity contribution in [2.45, 2.75) is 36.8 Å². The van der Waals surface area contributed by atoms with Crippen LogP contribution in [0, 0.1) is 11.8 Å². The summed E-state index contributed by atoms with van der Waals surface area (Å²) in [6.45, 7) is 0. The van der Waals surface area contributed by atoms with Crippen molar-refractivity contribution in [3.8, 4) is 5.75 Å². The first-order valence-corrected chi connectivity index (χ1v) is 11.5. The van der Waals surface area contributed by atoms with Gasteiger partial charge < -0.3 is 31.5 Å². The Morgan fingerprint density at radius 1 is 1.17 bits per heavy atom. The van der Waals surface area contributed by atoms with Crippen molar-refractivity contribution in [2.75, 3.05) is 7.05 Å². The predicted molar refractivity (Wildman–Crippen MR) is 125 cm³/mol. The van der Waals surface area contributed by atoms with E-state index in [0.29, 0.717) is 5.56 Å². The highest BCUT2D eigenvalue weighted by Crippen LogP contribution is 2.56. The normalized spacial score (nSPS) is 32.1. The fourth-order valence-electron chi connectivity index (χ4n) is 6.27. The number of phenols is 1. The van der Waals surface area contributed by atoms with Gasteiger partial charge in [0.1, 0.15) is 22.8 Å². The first-order chi connectivity index (χ1) is 16.6. The molecule has 0 spiro atoms. The molecule has 1 amide bonds. The second-order valence-corrected chi connectivity index (χ2v) is 9.43. The fourth-order valence-corrected chi connectivity index (χ4v) is 6.27. The van der Waals surface area contributed by atoms with Gasteiger partial charge in [-0.05, 0) is 43.5 Å². The third kappa shape index (κ3) is 2.98. The monoisotopic (exact) mass is 478 g/mol. The van der Waals surface area contributed by atoms with E-state index in [4.69, 9.17) is 5.73 Å². The lowest BCUT2D eigenvalue weighted by molar-refractivity contribution is -0.146. The lowest BCUT2D eigenvalue weighted by atomic mass is 9.55. The number of aliphatic hydroxyl groups excluding tert-OH is 2. The Hall–Kier alpha value is -3.69. The van der Waals surface area contributed by atoms with E-state index in [2.05, 4.69) is 5.32 Å². The van der Waals surface area contributed by atoms with Crippen LogP contribution >= 0.6 is 0 Å². The van der Waals surface area contributed by atoms with Gasteiger partial charge in [-0.1, -0.05) is 30.4 Å². The molecule has 5 rings (SSSR count). The first-order valence-electron chi connectivity index (χ1n) is 11.5. The number of nitrogens with one attached hydrogen (secondary N) is 1. The molecule has 0 heterocycles. The van der Waals surface area contributed by atoms with Gasteiger partial charge in [0.15, 0.2) is 11.4 Å². The van der Waals surface area contributed by atoms with Gasteiger partial charge in [0, 0.05) is 23.3 Å². The summed E-state index contributed by atoms with van der Waals surface area (Å²) in [4.78, 5) is 39.0. The summed E-state index contributed by atoms with van der Waals surface area (Å²) in [6.07, 6.45) is 7.64. The van der Waals surface area contributed by atoms with Gasteiger partial charge in [-0.15, -0.1) is 0 Å². The van der Waals surface area contributed by atoms with Gasteiger partial charge >= 0.3 is 0 Å². The molecule has 0 fully saturated rings. The molecule has 5 atom stereocenters. The number of benzene rings is 1. The Morgan fingerprint density at radius 3 is 2.54 bits per heavy atom. The van der Waals surface area contributed by atoms with E-state index in [9.17, 15) is 34.8 Å². The number of fused-ring (bicyclic) bond motifs is 3. The van der Waals surface area contributed by atoms with Crippen molar-refractivity contribution in [2.24, 2.45) is 17.6 Å². The van der Waals surface area contributed by atoms with E-state index >= 15 is 0 Å². The van der Waals surface area contributed by atoms with E-state index in [1.807, 2.05) is 18.2 Å². The van der Waals surface area contributed by atoms with Crippen molar-refractivity contribution >= 4 is 17.5 Å². The van der Waals surface area contributed by atoms with Gasteiger partial charge in [0.2, 0.25) is 5.78 Å². The number of aliphatic hydroxyl groups is 3. The minimum atomic E-state index is -2.66. The molecule has 4 aliphatic carbocycles. The zero-order valence-electron chi connectivity index (χ0n) is 19.0. The highest BCUT2D eigenvalue weighted by atomic mass is 16.3. The molecule has 0 bridgehead atoms. The van der Waals surface area contributed by atoms with Crippen molar-refractivity contribution in [1.29, 1.82) is 0 Å². The van der Waals surface area contributed by atoms with Crippen LogP contribution in [0.25, 0.3) is 0 Å². The summed E-state index contributed by atoms with van der Waals surface area (Å²) in [5.41, 5.74) is 3.13. The number of phenolic OH excluding ortho intramolecular Hbond substituents is 1. The number of carbonyl (C=O) groups excluding carboxylic acids is 3. The van der Waals surface area contributed by atoms with Crippen molar-refractivity contribution in [1.82, 2.24) is 5.32 Å². The van der Waals surface area contributed by atoms with Crippen molar-refractivity contribution in [3.05, 3.63) is 75.8 Å². The van der Waals surface area contributed by atoms with Gasteiger partial charge in [-0.3, -0.25) is 14.4 Å². The smallest absolute Gasteiger partial charge is 0.255 e. The van der Waals surface area contributed by atoms with Crippen molar-refractivity contribution in [3.63, 3.8) is 0 Å². The summed E-state index contributed by atoms with van der Waals surface area (Å²) < 4.78 is 0. The fraction of sp³-hybridized carbons (Fsp3) is 0.346. The largest absolute Gasteiger partial charge is 0.510 e. The Balaban J connectivity index is 1.79. The molecule has 1 aromatic rings. The second-order valence-electron chi connectivity index (χ2n) is 9.43. The molecule has 0 saturated heterocycles. The van der Waals surface area contributed by atoms with Crippen LogP contribution in [0.15, 0.2) is 64.7 Å². The van der Waals surface area contributed by atoms with Crippen LogP contribution in [-0.2, 0) is 9.59 Å². The van der Waals surface area contributed by atoms with Gasteiger partial charge in [-0.25, -0.2) is 0 Å². The molecule has 0 aromatic heterocycles. The number of primary amides is 1. The van der Waals surface area contributed by atoms with Crippen LogP contribution in [0.3, 0.4) is 0 Å². The van der Waals surface area contributed by atoms with E-state index in [-0.39, 0.29) is 23.3 Å². The van der Waals surface area contributed by atoms with E-state index < -0.39 is 64.0 Å². The molecule has 0 radical (unpaired) electrons. The molecule has 182 valence electrons. The average molecular weight is 479 g/mol. The van der Waals surface area contributed by atoms with Gasteiger partial charge in [0.25, 0.3) is 5.91 Å². The maximum atomic E-state index is 13.7. The minimum absolute atomic E-state index is 0.000776. The summed E-state index contributed by atoms with van der Waals surface area (Å²) >= 11 is 0. The number of hydrogen-bond donors (Lipinski definition) is 6. The lowest BCUT2D eigenvalue weighted by Gasteiger charge is -2.50. The minimum Gasteiger partial charge on any atom is -0.510 e. The van der Waals surface area contributed by atoms with Gasteiger partial charge in [-0.2, -0.15) is 0 Å². The number of nitrogens with two attached hydrogens (primary N) is 1. The van der Waals surface area contributed by atoms with E-state index in [1.54, 1.807) is 12.1 Å². The number of carbonyl (C=O) groups is 3. The third-order valence-electron chi connectivity index (χ3n) is 7.78. The topological polar surface area (TPSA) is 170 Å². The molecule has 9 heteroatoms. The quantitative estimate of drug-likeness (QED) is 0.356. The zero-order chi connectivity index (χ0) is 25.2. The molecule has 7 N–H and O–H groups in total. The highest BCUT2D eigenvalue weighted by Gasteiger charge is 2.63. The number of likely N-dealkylation sites (N-methyl/N-ethyl adjacent to an activating group) is 1. The maximum absolute atomic E-state index is 13.7. The molecule has 2 unspecified atom stereocenters. The summed E-state index contributed by atoms with van der Waals surface area (Å²) in [7, 11) is 1.48.